The van der Waals surface area contributed by atoms with Gasteiger partial charge in [-0.25, -0.2) is 14.6 Å². The summed E-state index contributed by atoms with van der Waals surface area (Å²) in [5.41, 5.74) is 0.114. The molecule has 0 radical (unpaired) electrons. The molecule has 0 aliphatic rings. The van der Waals surface area contributed by atoms with Gasteiger partial charge in [0.1, 0.15) is 0 Å². The molecule has 3 rings (SSSR count). The number of alkyl halides is 3. The second kappa shape index (κ2) is 8.05. The van der Waals surface area contributed by atoms with Crippen LogP contribution in [0.15, 0.2) is 24.5 Å². The van der Waals surface area contributed by atoms with E-state index in [1.807, 2.05) is 6.92 Å². The van der Waals surface area contributed by atoms with E-state index in [0.717, 1.165) is 46.6 Å². The molecule has 0 atom stereocenters. The third-order valence-corrected chi connectivity index (χ3v) is 5.00. The Hall–Kier alpha value is -2.82. The zero-order valence-corrected chi connectivity index (χ0v) is 15.9. The number of carbonyl (C=O) groups excluding carboxylic acids is 1. The number of amides is 1. The summed E-state index contributed by atoms with van der Waals surface area (Å²) in [5, 5.41) is 10.7. The van der Waals surface area contributed by atoms with Crippen LogP contribution >= 0.6 is 11.3 Å². The van der Waals surface area contributed by atoms with Crippen molar-refractivity contribution in [3.63, 3.8) is 0 Å². The zero-order valence-electron chi connectivity index (χ0n) is 15.1. The molecule has 11 heteroatoms. The molecule has 0 saturated carbocycles. The van der Waals surface area contributed by atoms with Crippen molar-refractivity contribution in [3.05, 3.63) is 46.4 Å². The molecule has 0 saturated heterocycles. The fourth-order valence-electron chi connectivity index (χ4n) is 2.48. The van der Waals surface area contributed by atoms with Crippen molar-refractivity contribution < 1.29 is 18.0 Å². The summed E-state index contributed by atoms with van der Waals surface area (Å²) in [5.74, 6) is -0.384. The van der Waals surface area contributed by atoms with Gasteiger partial charge in [-0.1, -0.05) is 25.5 Å². The highest BCUT2D eigenvalue weighted by molar-refractivity contribution is 7.15. The highest BCUT2D eigenvalue weighted by Gasteiger charge is 2.30. The van der Waals surface area contributed by atoms with Crippen LogP contribution in [0.3, 0.4) is 0 Å². The molecule has 3 aromatic heterocycles. The first kappa shape index (κ1) is 19.9. The van der Waals surface area contributed by atoms with E-state index in [1.54, 1.807) is 0 Å². The number of nitrogens with one attached hydrogen (secondary N) is 1. The predicted molar refractivity (Wildman–Crippen MR) is 97.6 cm³/mol. The maximum absolute atomic E-state index is 12.6. The molecule has 0 bridgehead atoms. The van der Waals surface area contributed by atoms with Gasteiger partial charge in [0.2, 0.25) is 0 Å². The molecule has 3 heterocycles. The maximum atomic E-state index is 12.6. The average Bonchev–Trinajstić information content (AvgIpc) is 3.29. The second-order valence-electron chi connectivity index (χ2n) is 5.90. The van der Waals surface area contributed by atoms with Gasteiger partial charge in [0.05, 0.1) is 17.5 Å². The Bertz CT molecular complexity index is 964. The third-order valence-electron chi connectivity index (χ3n) is 3.84. The first-order valence-electron chi connectivity index (χ1n) is 8.57. The smallest absolute Gasteiger partial charge is 0.296 e. The number of aromatic nitrogens is 5. The minimum atomic E-state index is -4.47. The summed E-state index contributed by atoms with van der Waals surface area (Å²) in [4.78, 5) is 21.7. The summed E-state index contributed by atoms with van der Waals surface area (Å²) in [6.07, 6.45) is 0.156. The van der Waals surface area contributed by atoms with Crippen molar-refractivity contribution in [2.24, 2.45) is 0 Å². The van der Waals surface area contributed by atoms with E-state index >= 15 is 0 Å². The quantitative estimate of drug-likeness (QED) is 0.666. The Morgan fingerprint density at radius 3 is 2.68 bits per heavy atom. The number of hydrogen-bond acceptors (Lipinski definition) is 6. The number of nitrogens with zero attached hydrogens (tertiary/aromatic N) is 5. The Kier molecular flexibility index (Phi) is 5.73. The maximum Gasteiger partial charge on any atom is 0.417 e. The van der Waals surface area contributed by atoms with Crippen molar-refractivity contribution in [2.75, 3.05) is 5.32 Å². The molecule has 0 aliphatic heterocycles. The molecule has 0 aromatic carbocycles. The van der Waals surface area contributed by atoms with Gasteiger partial charge in [-0.15, -0.1) is 16.4 Å². The molecule has 0 spiro atoms. The minimum absolute atomic E-state index is 0.00647. The molecule has 1 N–H and O–H groups in total. The Morgan fingerprint density at radius 2 is 2.07 bits per heavy atom. The highest BCUT2D eigenvalue weighted by Crippen LogP contribution is 2.28. The van der Waals surface area contributed by atoms with Crippen LogP contribution in [0, 0.1) is 0 Å². The van der Waals surface area contributed by atoms with Crippen molar-refractivity contribution in [2.45, 2.75) is 39.3 Å². The number of hydrogen-bond donors (Lipinski definition) is 1. The normalized spacial score (nSPS) is 11.6. The fraction of sp³-hybridized carbons (Fsp3) is 0.353. The van der Waals surface area contributed by atoms with Gasteiger partial charge in [0.15, 0.2) is 16.6 Å². The zero-order chi connectivity index (χ0) is 20.3. The minimum Gasteiger partial charge on any atom is -0.296 e. The first-order chi connectivity index (χ1) is 13.3. The topological polar surface area (TPSA) is 85.6 Å². The standard InChI is InChI=1S/C17H17F3N6OS/c1-3-5-11-13(4-2)28-16(22-11)23-15(27)12-9-26(25-24-12)14-7-6-10(8-21-14)17(18,19)20/h6-9H,3-5H2,1-2H3,(H,22,23,27). The molecule has 0 fully saturated rings. The van der Waals surface area contributed by atoms with Gasteiger partial charge in [0.25, 0.3) is 5.91 Å². The number of anilines is 1. The van der Waals surface area contributed by atoms with Crippen LogP contribution in [0.25, 0.3) is 5.82 Å². The average molecular weight is 410 g/mol. The monoisotopic (exact) mass is 410 g/mol. The van der Waals surface area contributed by atoms with E-state index in [4.69, 9.17) is 0 Å². The van der Waals surface area contributed by atoms with Gasteiger partial charge in [-0.3, -0.25) is 10.1 Å². The lowest BCUT2D eigenvalue weighted by atomic mass is 10.2. The van der Waals surface area contributed by atoms with E-state index in [0.29, 0.717) is 11.3 Å². The van der Waals surface area contributed by atoms with Crippen LogP contribution in [0.5, 0.6) is 0 Å². The Balaban J connectivity index is 1.74. The summed E-state index contributed by atoms with van der Waals surface area (Å²) in [6.45, 7) is 4.09. The fourth-order valence-corrected chi connectivity index (χ4v) is 3.42. The summed E-state index contributed by atoms with van der Waals surface area (Å²) in [7, 11) is 0. The molecule has 3 aromatic rings. The molecule has 1 amide bonds. The van der Waals surface area contributed by atoms with Gasteiger partial charge in [-0.2, -0.15) is 13.2 Å². The third kappa shape index (κ3) is 4.35. The van der Waals surface area contributed by atoms with Gasteiger partial charge < -0.3 is 0 Å². The number of thiazole rings is 1. The van der Waals surface area contributed by atoms with E-state index in [-0.39, 0.29) is 11.5 Å². The van der Waals surface area contributed by atoms with Gasteiger partial charge in [0, 0.05) is 11.1 Å². The number of aryl methyl sites for hydroxylation is 2. The number of carbonyl (C=O) groups is 1. The molecular formula is C17H17F3N6OS. The van der Waals surface area contributed by atoms with Crippen molar-refractivity contribution >= 4 is 22.4 Å². The Morgan fingerprint density at radius 1 is 1.29 bits per heavy atom. The van der Waals surface area contributed by atoms with Crippen LogP contribution in [0.1, 0.15) is 46.9 Å². The lowest BCUT2D eigenvalue weighted by Gasteiger charge is -2.06. The van der Waals surface area contributed by atoms with Crippen molar-refractivity contribution in [1.82, 2.24) is 25.0 Å². The first-order valence-corrected chi connectivity index (χ1v) is 9.39. The highest BCUT2D eigenvalue weighted by atomic mass is 32.1. The SMILES string of the molecule is CCCc1nc(NC(=O)c2cn(-c3ccc(C(F)(F)F)cn3)nn2)sc1CC. The number of halogens is 3. The van der Waals surface area contributed by atoms with Crippen LogP contribution in [-0.4, -0.2) is 30.9 Å². The van der Waals surface area contributed by atoms with Crippen LogP contribution in [0.4, 0.5) is 18.3 Å². The molecule has 148 valence electrons. The van der Waals surface area contributed by atoms with Gasteiger partial charge >= 0.3 is 6.18 Å². The lowest BCUT2D eigenvalue weighted by Crippen LogP contribution is -2.12. The van der Waals surface area contributed by atoms with E-state index in [9.17, 15) is 18.0 Å². The summed E-state index contributed by atoms with van der Waals surface area (Å²) < 4.78 is 39.0. The predicted octanol–water partition coefficient (Wildman–Crippen LogP) is 3.90. The lowest BCUT2D eigenvalue weighted by molar-refractivity contribution is -0.137. The molecule has 7 nitrogen and oxygen atoms in total. The van der Waals surface area contributed by atoms with E-state index < -0.39 is 17.6 Å². The molecular weight excluding hydrogens is 393 g/mol. The van der Waals surface area contributed by atoms with Crippen LogP contribution < -0.4 is 5.32 Å². The van der Waals surface area contributed by atoms with E-state index in [2.05, 4.69) is 32.5 Å². The van der Waals surface area contributed by atoms with Crippen molar-refractivity contribution in [1.29, 1.82) is 0 Å². The largest absolute Gasteiger partial charge is 0.417 e. The second-order valence-corrected chi connectivity index (χ2v) is 6.98. The summed E-state index contributed by atoms with van der Waals surface area (Å²) >= 11 is 1.41. The van der Waals surface area contributed by atoms with Crippen LogP contribution in [0.2, 0.25) is 0 Å². The molecule has 0 aliphatic carbocycles. The van der Waals surface area contributed by atoms with Crippen molar-refractivity contribution in [3.8, 4) is 5.82 Å². The summed E-state index contributed by atoms with van der Waals surface area (Å²) in [6, 6.07) is 2.05. The van der Waals surface area contributed by atoms with Gasteiger partial charge in [-0.05, 0) is 25.0 Å². The molecule has 28 heavy (non-hydrogen) atoms. The van der Waals surface area contributed by atoms with Crippen LogP contribution in [-0.2, 0) is 19.0 Å². The Labute approximate surface area is 162 Å². The number of pyridine rings is 1. The van der Waals surface area contributed by atoms with E-state index in [1.165, 1.54) is 17.5 Å². The molecule has 0 unspecified atom stereocenters. The number of rotatable bonds is 6.